The van der Waals surface area contributed by atoms with Gasteiger partial charge in [-0.2, -0.15) is 0 Å². The molecule has 1 aromatic carbocycles. The molecular formula is C19H25N3OS. The third-order valence-corrected chi connectivity index (χ3v) is 5.62. The third-order valence-electron chi connectivity index (χ3n) is 4.62. The molecular weight excluding hydrogens is 318 g/mol. The Bertz CT molecular complexity index is 738. The van der Waals surface area contributed by atoms with E-state index in [9.17, 15) is 4.79 Å². The Hall–Kier alpha value is -1.72. The van der Waals surface area contributed by atoms with Gasteiger partial charge in [0.05, 0.1) is 5.69 Å². The highest BCUT2D eigenvalue weighted by Crippen LogP contribution is 2.28. The topological polar surface area (TPSA) is 45.2 Å². The van der Waals surface area contributed by atoms with E-state index in [0.29, 0.717) is 6.42 Å². The number of aromatic nitrogens is 1. The van der Waals surface area contributed by atoms with Crippen LogP contribution in [0.4, 0.5) is 5.13 Å². The van der Waals surface area contributed by atoms with Crippen LogP contribution in [0.15, 0.2) is 18.2 Å². The van der Waals surface area contributed by atoms with Crippen LogP contribution in [0.2, 0.25) is 0 Å². The second-order valence-electron chi connectivity index (χ2n) is 6.49. The van der Waals surface area contributed by atoms with Crippen LogP contribution in [-0.4, -0.2) is 28.9 Å². The van der Waals surface area contributed by atoms with E-state index < -0.39 is 0 Å². The normalized spacial score (nSPS) is 14.5. The summed E-state index contributed by atoms with van der Waals surface area (Å²) in [6.07, 6.45) is 2.25. The van der Waals surface area contributed by atoms with Crippen molar-refractivity contribution in [2.45, 2.75) is 46.6 Å². The first-order valence-electron chi connectivity index (χ1n) is 8.62. The molecule has 5 heteroatoms. The molecule has 0 fully saturated rings. The summed E-state index contributed by atoms with van der Waals surface area (Å²) in [6, 6.07) is 6.40. The Morgan fingerprint density at radius 1 is 1.38 bits per heavy atom. The van der Waals surface area contributed by atoms with E-state index in [1.807, 2.05) is 0 Å². The van der Waals surface area contributed by atoms with Crippen molar-refractivity contribution >= 4 is 22.4 Å². The van der Waals surface area contributed by atoms with Gasteiger partial charge >= 0.3 is 0 Å². The fourth-order valence-corrected chi connectivity index (χ4v) is 4.19. The van der Waals surface area contributed by atoms with Crippen LogP contribution < -0.4 is 5.32 Å². The zero-order valence-electron chi connectivity index (χ0n) is 14.7. The molecule has 0 saturated heterocycles. The number of carbonyl (C=O) groups excluding carboxylic acids is 1. The maximum absolute atomic E-state index is 12.2. The van der Waals surface area contributed by atoms with Crippen molar-refractivity contribution in [3.63, 3.8) is 0 Å². The lowest BCUT2D eigenvalue weighted by Crippen LogP contribution is -2.29. The fraction of sp³-hybridized carbons (Fsp3) is 0.474. The molecule has 24 heavy (non-hydrogen) atoms. The standard InChI is InChI=1S/C19H25N3OS/c1-4-22-10-9-16-17(12-22)24-19(20-16)21-18(23)8-7-15-6-5-13(2)11-14(15)3/h5-6,11H,4,7-10,12H2,1-3H3,(H,20,21,23). The highest BCUT2D eigenvalue weighted by atomic mass is 32.1. The number of hydrogen-bond acceptors (Lipinski definition) is 4. The Morgan fingerprint density at radius 2 is 2.21 bits per heavy atom. The molecule has 0 saturated carbocycles. The zero-order chi connectivity index (χ0) is 17.1. The van der Waals surface area contributed by atoms with Crippen molar-refractivity contribution in [3.8, 4) is 0 Å². The molecule has 4 nitrogen and oxygen atoms in total. The van der Waals surface area contributed by atoms with Crippen molar-refractivity contribution < 1.29 is 4.79 Å². The summed E-state index contributed by atoms with van der Waals surface area (Å²) in [6.45, 7) is 9.47. The largest absolute Gasteiger partial charge is 0.302 e. The van der Waals surface area contributed by atoms with Crippen LogP contribution in [-0.2, 0) is 24.2 Å². The van der Waals surface area contributed by atoms with Gasteiger partial charge in [-0.25, -0.2) is 4.98 Å². The molecule has 1 aliphatic rings. The molecule has 0 aliphatic carbocycles. The van der Waals surface area contributed by atoms with Crippen LogP contribution in [0, 0.1) is 13.8 Å². The van der Waals surface area contributed by atoms with Crippen LogP contribution in [0.25, 0.3) is 0 Å². The Kier molecular flexibility index (Phi) is 5.31. The molecule has 3 rings (SSSR count). The highest BCUT2D eigenvalue weighted by molar-refractivity contribution is 7.15. The molecule has 2 heterocycles. The average molecular weight is 343 g/mol. The minimum atomic E-state index is 0.0495. The highest BCUT2D eigenvalue weighted by Gasteiger charge is 2.20. The Balaban J connectivity index is 1.56. The van der Waals surface area contributed by atoms with E-state index in [1.165, 1.54) is 21.6 Å². The molecule has 1 aliphatic heterocycles. The first kappa shape index (κ1) is 17.1. The number of carbonyl (C=O) groups is 1. The van der Waals surface area contributed by atoms with E-state index in [1.54, 1.807) is 11.3 Å². The summed E-state index contributed by atoms with van der Waals surface area (Å²) in [4.78, 5) is 20.6. The lowest BCUT2D eigenvalue weighted by Gasteiger charge is -2.23. The van der Waals surface area contributed by atoms with Gasteiger partial charge in [0.15, 0.2) is 5.13 Å². The Morgan fingerprint density at radius 3 is 2.96 bits per heavy atom. The molecule has 0 atom stereocenters. The van der Waals surface area contributed by atoms with Crippen LogP contribution in [0.1, 0.15) is 40.6 Å². The minimum absolute atomic E-state index is 0.0495. The zero-order valence-corrected chi connectivity index (χ0v) is 15.5. The maximum Gasteiger partial charge on any atom is 0.226 e. The van der Waals surface area contributed by atoms with Crippen LogP contribution in [0.3, 0.4) is 0 Å². The summed E-state index contributed by atoms with van der Waals surface area (Å²) in [5.41, 5.74) is 4.92. The van der Waals surface area contributed by atoms with Gasteiger partial charge in [0.25, 0.3) is 0 Å². The maximum atomic E-state index is 12.2. The van der Waals surface area contributed by atoms with Gasteiger partial charge in [-0.05, 0) is 37.9 Å². The van der Waals surface area contributed by atoms with E-state index in [2.05, 4.69) is 54.2 Å². The molecule has 1 aromatic heterocycles. The van der Waals surface area contributed by atoms with Gasteiger partial charge in [-0.1, -0.05) is 30.7 Å². The number of fused-ring (bicyclic) bond motifs is 1. The molecule has 0 spiro atoms. The van der Waals surface area contributed by atoms with Crippen molar-refractivity contribution in [1.82, 2.24) is 9.88 Å². The van der Waals surface area contributed by atoms with E-state index in [0.717, 1.165) is 43.3 Å². The number of thiazole rings is 1. The summed E-state index contributed by atoms with van der Waals surface area (Å²) < 4.78 is 0. The minimum Gasteiger partial charge on any atom is -0.302 e. The number of nitrogens with zero attached hydrogens (tertiary/aromatic N) is 2. The fourth-order valence-electron chi connectivity index (χ4n) is 3.13. The van der Waals surface area contributed by atoms with E-state index in [4.69, 9.17) is 0 Å². The van der Waals surface area contributed by atoms with Gasteiger partial charge in [0.2, 0.25) is 5.91 Å². The van der Waals surface area contributed by atoms with Crippen molar-refractivity contribution in [2.75, 3.05) is 18.4 Å². The molecule has 1 N–H and O–H groups in total. The summed E-state index contributed by atoms with van der Waals surface area (Å²) in [7, 11) is 0. The monoisotopic (exact) mass is 343 g/mol. The van der Waals surface area contributed by atoms with Crippen molar-refractivity contribution in [2.24, 2.45) is 0 Å². The Labute approximate surface area is 147 Å². The quantitative estimate of drug-likeness (QED) is 0.900. The molecule has 0 bridgehead atoms. The summed E-state index contributed by atoms with van der Waals surface area (Å²) in [5.74, 6) is 0.0495. The lowest BCUT2D eigenvalue weighted by molar-refractivity contribution is -0.116. The predicted octanol–water partition coefficient (Wildman–Crippen LogP) is 3.71. The second-order valence-corrected chi connectivity index (χ2v) is 7.57. The number of rotatable bonds is 5. The first-order chi connectivity index (χ1) is 11.5. The van der Waals surface area contributed by atoms with Crippen LogP contribution >= 0.6 is 11.3 Å². The first-order valence-corrected chi connectivity index (χ1v) is 9.43. The molecule has 128 valence electrons. The molecule has 0 unspecified atom stereocenters. The lowest BCUT2D eigenvalue weighted by atomic mass is 10.0. The van der Waals surface area contributed by atoms with Crippen molar-refractivity contribution in [1.29, 1.82) is 0 Å². The number of aryl methyl sites for hydroxylation is 3. The predicted molar refractivity (Wildman–Crippen MR) is 99.6 cm³/mol. The number of likely N-dealkylation sites (N-methyl/N-ethyl adjacent to an activating group) is 1. The average Bonchev–Trinajstić information content (AvgIpc) is 2.95. The number of benzene rings is 1. The van der Waals surface area contributed by atoms with Gasteiger partial charge in [-0.15, -0.1) is 11.3 Å². The number of amides is 1. The van der Waals surface area contributed by atoms with Crippen LogP contribution in [0.5, 0.6) is 0 Å². The van der Waals surface area contributed by atoms with E-state index in [-0.39, 0.29) is 5.91 Å². The molecule has 2 aromatic rings. The van der Waals surface area contributed by atoms with Gasteiger partial charge < -0.3 is 5.32 Å². The third kappa shape index (κ3) is 4.02. The summed E-state index contributed by atoms with van der Waals surface area (Å²) >= 11 is 1.62. The van der Waals surface area contributed by atoms with Gasteiger partial charge in [0.1, 0.15) is 0 Å². The van der Waals surface area contributed by atoms with Crippen molar-refractivity contribution in [3.05, 3.63) is 45.5 Å². The SMILES string of the molecule is CCN1CCc2nc(NC(=O)CCc3ccc(C)cc3C)sc2C1. The van der Waals surface area contributed by atoms with Gasteiger partial charge in [0, 0.05) is 30.8 Å². The second kappa shape index (κ2) is 7.45. The van der Waals surface area contributed by atoms with E-state index >= 15 is 0 Å². The number of hydrogen-bond donors (Lipinski definition) is 1. The molecule has 0 radical (unpaired) electrons. The smallest absolute Gasteiger partial charge is 0.226 e. The molecule has 1 amide bonds. The van der Waals surface area contributed by atoms with Gasteiger partial charge in [-0.3, -0.25) is 9.69 Å². The summed E-state index contributed by atoms with van der Waals surface area (Å²) in [5, 5.41) is 3.74. The number of anilines is 1. The number of nitrogens with one attached hydrogen (secondary N) is 1.